The van der Waals surface area contributed by atoms with E-state index in [1.54, 1.807) is 0 Å². The molecule has 2 atom stereocenters. The summed E-state index contributed by atoms with van der Waals surface area (Å²) in [5.41, 5.74) is 1.33. The summed E-state index contributed by atoms with van der Waals surface area (Å²) in [5.74, 6) is 1.13. The molecule has 1 fully saturated rings. The van der Waals surface area contributed by atoms with Gasteiger partial charge in [-0.1, -0.05) is 17.7 Å². The summed E-state index contributed by atoms with van der Waals surface area (Å²) in [7, 11) is 2.07. The van der Waals surface area contributed by atoms with Crippen LogP contribution in [-0.4, -0.2) is 31.6 Å². The van der Waals surface area contributed by atoms with Crippen LogP contribution in [0.2, 0.25) is 0 Å². The molecule has 1 heterocycles. The van der Waals surface area contributed by atoms with Gasteiger partial charge in [-0.2, -0.15) is 0 Å². The minimum atomic E-state index is 0.514. The average molecular weight is 279 g/mol. The van der Waals surface area contributed by atoms with Gasteiger partial charge in [-0.05, 0) is 51.8 Å². The van der Waals surface area contributed by atoms with Crippen molar-refractivity contribution in [3.8, 4) is 0 Å². The van der Waals surface area contributed by atoms with E-state index in [2.05, 4.69) is 43.6 Å². The molecular weight excluding hydrogens is 254 g/mol. The van der Waals surface area contributed by atoms with E-state index in [0.717, 1.165) is 12.4 Å². The predicted molar refractivity (Wildman–Crippen MR) is 83.0 cm³/mol. The molecule has 106 valence electrons. The molecule has 1 aromatic rings. The zero-order valence-electron chi connectivity index (χ0n) is 12.0. The highest BCUT2D eigenvalue weighted by molar-refractivity contribution is 7.99. The Bertz CT molecular complexity index is 360. The van der Waals surface area contributed by atoms with E-state index in [9.17, 15) is 0 Å². The van der Waals surface area contributed by atoms with Gasteiger partial charge < -0.3 is 10.1 Å². The molecule has 0 amide bonds. The maximum Gasteiger partial charge on any atom is 0.0576 e. The SMILES string of the molecule is CNC(CCC1CCCO1)CSc1ccc(C)cc1. The highest BCUT2D eigenvalue weighted by Gasteiger charge is 2.17. The number of benzene rings is 1. The van der Waals surface area contributed by atoms with Gasteiger partial charge in [0.25, 0.3) is 0 Å². The van der Waals surface area contributed by atoms with E-state index in [-0.39, 0.29) is 0 Å². The summed E-state index contributed by atoms with van der Waals surface area (Å²) in [5, 5.41) is 3.43. The third-order valence-corrected chi connectivity index (χ3v) is 4.92. The van der Waals surface area contributed by atoms with Crippen LogP contribution in [0.4, 0.5) is 0 Å². The topological polar surface area (TPSA) is 21.3 Å². The fourth-order valence-electron chi connectivity index (χ4n) is 2.40. The van der Waals surface area contributed by atoms with Gasteiger partial charge in [0.05, 0.1) is 6.10 Å². The van der Waals surface area contributed by atoms with E-state index >= 15 is 0 Å². The molecule has 1 aromatic carbocycles. The second-order valence-corrected chi connectivity index (χ2v) is 6.42. The number of hydrogen-bond acceptors (Lipinski definition) is 3. The van der Waals surface area contributed by atoms with E-state index in [0.29, 0.717) is 12.1 Å². The Morgan fingerprint density at radius 1 is 1.37 bits per heavy atom. The maximum absolute atomic E-state index is 5.69. The third-order valence-electron chi connectivity index (χ3n) is 3.74. The Morgan fingerprint density at radius 2 is 2.16 bits per heavy atom. The van der Waals surface area contributed by atoms with Crippen molar-refractivity contribution in [1.29, 1.82) is 0 Å². The van der Waals surface area contributed by atoms with E-state index in [1.165, 1.54) is 36.1 Å². The first-order valence-corrected chi connectivity index (χ1v) is 8.25. The van der Waals surface area contributed by atoms with Gasteiger partial charge in [0.1, 0.15) is 0 Å². The van der Waals surface area contributed by atoms with Crippen LogP contribution < -0.4 is 5.32 Å². The second kappa shape index (κ2) is 7.93. The molecule has 2 rings (SSSR count). The molecule has 1 aliphatic rings. The van der Waals surface area contributed by atoms with Crippen LogP contribution in [0.5, 0.6) is 0 Å². The van der Waals surface area contributed by atoms with Crippen molar-refractivity contribution in [3.63, 3.8) is 0 Å². The van der Waals surface area contributed by atoms with Crippen LogP contribution >= 0.6 is 11.8 Å². The molecule has 2 unspecified atom stereocenters. The first-order valence-electron chi connectivity index (χ1n) is 7.26. The molecule has 19 heavy (non-hydrogen) atoms. The number of aryl methyl sites for hydroxylation is 1. The fraction of sp³-hybridized carbons (Fsp3) is 0.625. The summed E-state index contributed by atoms with van der Waals surface area (Å²) in [6.45, 7) is 3.10. The molecule has 0 bridgehead atoms. The summed E-state index contributed by atoms with van der Waals surface area (Å²) in [6, 6.07) is 9.38. The van der Waals surface area contributed by atoms with E-state index < -0.39 is 0 Å². The zero-order chi connectivity index (χ0) is 13.5. The highest BCUT2D eigenvalue weighted by Crippen LogP contribution is 2.22. The fourth-order valence-corrected chi connectivity index (χ4v) is 3.46. The van der Waals surface area contributed by atoms with Gasteiger partial charge in [0, 0.05) is 23.3 Å². The third kappa shape index (κ3) is 5.17. The van der Waals surface area contributed by atoms with Crippen LogP contribution in [0.15, 0.2) is 29.2 Å². The maximum atomic E-state index is 5.69. The van der Waals surface area contributed by atoms with Crippen LogP contribution in [-0.2, 0) is 4.74 Å². The second-order valence-electron chi connectivity index (χ2n) is 5.32. The van der Waals surface area contributed by atoms with Crippen molar-refractivity contribution in [3.05, 3.63) is 29.8 Å². The number of nitrogens with one attached hydrogen (secondary N) is 1. The van der Waals surface area contributed by atoms with Crippen LogP contribution in [0, 0.1) is 6.92 Å². The zero-order valence-corrected chi connectivity index (χ0v) is 12.8. The van der Waals surface area contributed by atoms with Gasteiger partial charge in [-0.3, -0.25) is 0 Å². The van der Waals surface area contributed by atoms with Gasteiger partial charge >= 0.3 is 0 Å². The molecule has 0 spiro atoms. The van der Waals surface area contributed by atoms with Crippen LogP contribution in [0.3, 0.4) is 0 Å². The van der Waals surface area contributed by atoms with Crippen LogP contribution in [0.25, 0.3) is 0 Å². The molecule has 0 aliphatic carbocycles. The lowest BCUT2D eigenvalue weighted by molar-refractivity contribution is 0.100. The lowest BCUT2D eigenvalue weighted by atomic mass is 10.1. The van der Waals surface area contributed by atoms with E-state index in [1.807, 2.05) is 11.8 Å². The van der Waals surface area contributed by atoms with Gasteiger partial charge in [0.15, 0.2) is 0 Å². The number of rotatable bonds is 7. The molecule has 1 saturated heterocycles. The molecule has 2 nitrogen and oxygen atoms in total. The standard InChI is InChI=1S/C16H25NOS/c1-13-5-9-16(10-6-13)19-12-14(17-2)7-8-15-4-3-11-18-15/h5-6,9-10,14-15,17H,3-4,7-8,11-12H2,1-2H3. The van der Waals surface area contributed by atoms with Crippen molar-refractivity contribution >= 4 is 11.8 Å². The van der Waals surface area contributed by atoms with Gasteiger partial charge in [-0.15, -0.1) is 11.8 Å². The lowest BCUT2D eigenvalue weighted by Crippen LogP contribution is -2.28. The molecule has 0 radical (unpaired) electrons. The molecule has 0 saturated carbocycles. The Morgan fingerprint density at radius 3 is 2.79 bits per heavy atom. The Hall–Kier alpha value is -0.510. The largest absolute Gasteiger partial charge is 0.378 e. The summed E-state index contributed by atoms with van der Waals surface area (Å²) in [6.07, 6.45) is 5.41. The number of thioether (sulfide) groups is 1. The number of ether oxygens (including phenoxy) is 1. The first-order chi connectivity index (χ1) is 9.28. The molecule has 1 N–H and O–H groups in total. The smallest absolute Gasteiger partial charge is 0.0576 e. The van der Waals surface area contributed by atoms with Crippen LogP contribution in [0.1, 0.15) is 31.2 Å². The van der Waals surface area contributed by atoms with Crippen molar-refractivity contribution in [1.82, 2.24) is 5.32 Å². The Labute approximate surface area is 121 Å². The number of hydrogen-bond donors (Lipinski definition) is 1. The minimum absolute atomic E-state index is 0.514. The molecular formula is C16H25NOS. The molecule has 0 aromatic heterocycles. The lowest BCUT2D eigenvalue weighted by Gasteiger charge is -2.18. The summed E-state index contributed by atoms with van der Waals surface area (Å²) < 4.78 is 5.69. The summed E-state index contributed by atoms with van der Waals surface area (Å²) >= 11 is 1.94. The Balaban J connectivity index is 1.70. The van der Waals surface area contributed by atoms with Crippen molar-refractivity contribution in [2.45, 2.75) is 49.6 Å². The average Bonchev–Trinajstić information content (AvgIpc) is 2.94. The Kier molecular flexibility index (Phi) is 6.21. The monoisotopic (exact) mass is 279 g/mol. The quantitative estimate of drug-likeness (QED) is 0.770. The van der Waals surface area contributed by atoms with Crippen molar-refractivity contribution in [2.24, 2.45) is 0 Å². The highest BCUT2D eigenvalue weighted by atomic mass is 32.2. The van der Waals surface area contributed by atoms with E-state index in [4.69, 9.17) is 4.74 Å². The first kappa shape index (κ1) is 14.9. The molecule has 3 heteroatoms. The minimum Gasteiger partial charge on any atom is -0.378 e. The molecule has 1 aliphatic heterocycles. The predicted octanol–water partition coefficient (Wildman–Crippen LogP) is 3.63. The summed E-state index contributed by atoms with van der Waals surface area (Å²) in [4.78, 5) is 1.36. The van der Waals surface area contributed by atoms with Crippen molar-refractivity contribution < 1.29 is 4.74 Å². The van der Waals surface area contributed by atoms with Crippen molar-refractivity contribution in [2.75, 3.05) is 19.4 Å². The van der Waals surface area contributed by atoms with Gasteiger partial charge in [0.2, 0.25) is 0 Å². The van der Waals surface area contributed by atoms with Gasteiger partial charge in [-0.25, -0.2) is 0 Å². The normalized spacial score (nSPS) is 20.6.